The quantitative estimate of drug-likeness (QED) is 0.234. The van der Waals surface area contributed by atoms with Crippen LogP contribution >= 0.6 is 11.8 Å². The summed E-state index contributed by atoms with van der Waals surface area (Å²) in [6.45, 7) is -0.916. The lowest BCUT2D eigenvalue weighted by molar-refractivity contribution is -0.123. The molecule has 194 valence electrons. The van der Waals surface area contributed by atoms with E-state index in [2.05, 4.69) is 5.32 Å². The van der Waals surface area contributed by atoms with Gasteiger partial charge in [-0.05, 0) is 54.1 Å². The fourth-order valence-electron chi connectivity index (χ4n) is 3.88. The number of methoxy groups -OCH3 is 1. The van der Waals surface area contributed by atoms with E-state index in [-0.39, 0.29) is 0 Å². The van der Waals surface area contributed by atoms with Crippen LogP contribution in [0.5, 0.6) is 5.75 Å². The molecule has 0 aliphatic heterocycles. The van der Waals surface area contributed by atoms with Crippen molar-refractivity contribution < 1.29 is 23.1 Å². The standard InChI is InChI=1S/C30H26F2N2O3S/c1-37-25-19-17-22(18-20-25)27(28(35)33-21-30(31,32)38-26-15-9-4-10-16-26)34(24-13-7-3-8-14-24)29(36)23-11-5-2-6-12-23/h2-20,27H,21H2,1H3,(H,33,35). The van der Waals surface area contributed by atoms with Crippen LogP contribution in [0.1, 0.15) is 22.0 Å². The molecule has 8 heteroatoms. The van der Waals surface area contributed by atoms with E-state index in [1.165, 1.54) is 12.0 Å². The van der Waals surface area contributed by atoms with Gasteiger partial charge in [-0.25, -0.2) is 0 Å². The maximum absolute atomic E-state index is 14.8. The number of rotatable bonds is 10. The summed E-state index contributed by atoms with van der Waals surface area (Å²) in [4.78, 5) is 29.2. The molecule has 2 amide bonds. The number of para-hydroxylation sites is 1. The molecule has 0 saturated carbocycles. The molecule has 4 aromatic rings. The maximum atomic E-state index is 14.8. The molecule has 4 aromatic carbocycles. The molecule has 0 saturated heterocycles. The van der Waals surface area contributed by atoms with Crippen LogP contribution in [0.3, 0.4) is 0 Å². The van der Waals surface area contributed by atoms with E-state index in [0.717, 1.165) is 0 Å². The molecular formula is C30H26F2N2O3S. The van der Waals surface area contributed by atoms with Gasteiger partial charge in [-0.15, -0.1) is 0 Å². The smallest absolute Gasteiger partial charge is 0.315 e. The highest BCUT2D eigenvalue weighted by Crippen LogP contribution is 2.36. The molecule has 1 unspecified atom stereocenters. The number of hydrogen-bond acceptors (Lipinski definition) is 4. The minimum atomic E-state index is -3.28. The molecule has 0 fully saturated rings. The molecular weight excluding hydrogens is 506 g/mol. The van der Waals surface area contributed by atoms with E-state index in [9.17, 15) is 18.4 Å². The van der Waals surface area contributed by atoms with Gasteiger partial charge in [0.25, 0.3) is 5.91 Å². The summed E-state index contributed by atoms with van der Waals surface area (Å²) >= 11 is 0.363. The van der Waals surface area contributed by atoms with Crippen LogP contribution in [0.4, 0.5) is 14.5 Å². The SMILES string of the molecule is COc1ccc(C(C(=O)NCC(F)(F)Sc2ccccc2)N(C(=O)c2ccccc2)c2ccccc2)cc1. The zero-order valence-corrected chi connectivity index (χ0v) is 21.4. The molecule has 0 aromatic heterocycles. The van der Waals surface area contributed by atoms with E-state index < -0.39 is 29.7 Å². The first-order valence-electron chi connectivity index (χ1n) is 11.9. The lowest BCUT2D eigenvalue weighted by atomic mass is 10.0. The average molecular weight is 533 g/mol. The first kappa shape index (κ1) is 26.9. The second-order valence-electron chi connectivity index (χ2n) is 8.32. The monoisotopic (exact) mass is 532 g/mol. The number of benzene rings is 4. The molecule has 0 radical (unpaired) electrons. The van der Waals surface area contributed by atoms with Crippen molar-refractivity contribution >= 4 is 29.3 Å². The van der Waals surface area contributed by atoms with Gasteiger partial charge in [0.1, 0.15) is 11.8 Å². The molecule has 1 N–H and O–H groups in total. The second kappa shape index (κ2) is 12.4. The minimum Gasteiger partial charge on any atom is -0.497 e. The molecule has 4 rings (SSSR count). The molecule has 1 atom stereocenters. The second-order valence-corrected chi connectivity index (χ2v) is 9.60. The number of nitrogens with one attached hydrogen (secondary N) is 1. The topological polar surface area (TPSA) is 58.6 Å². The Labute approximate surface area is 224 Å². The normalized spacial score (nSPS) is 11.9. The van der Waals surface area contributed by atoms with E-state index >= 15 is 0 Å². The van der Waals surface area contributed by atoms with Crippen molar-refractivity contribution in [2.24, 2.45) is 0 Å². The first-order valence-corrected chi connectivity index (χ1v) is 12.7. The lowest BCUT2D eigenvalue weighted by Gasteiger charge is -2.32. The maximum Gasteiger partial charge on any atom is 0.315 e. The molecule has 0 heterocycles. The number of carbonyl (C=O) groups excluding carboxylic acids is 2. The van der Waals surface area contributed by atoms with Gasteiger partial charge in [0.2, 0.25) is 5.91 Å². The lowest BCUT2D eigenvalue weighted by Crippen LogP contribution is -2.46. The Hall–Kier alpha value is -4.17. The number of anilines is 1. The Morgan fingerprint density at radius 2 is 1.39 bits per heavy atom. The summed E-state index contributed by atoms with van der Waals surface area (Å²) in [5.74, 6) is -0.630. The number of amides is 2. The fraction of sp³-hybridized carbons (Fsp3) is 0.133. The Morgan fingerprint density at radius 3 is 1.97 bits per heavy atom. The van der Waals surface area contributed by atoms with Gasteiger partial charge in [0.15, 0.2) is 0 Å². The van der Waals surface area contributed by atoms with Crippen LogP contribution in [0, 0.1) is 0 Å². The van der Waals surface area contributed by atoms with E-state index in [1.807, 2.05) is 0 Å². The van der Waals surface area contributed by atoms with Gasteiger partial charge in [0, 0.05) is 16.1 Å². The van der Waals surface area contributed by atoms with Gasteiger partial charge in [-0.1, -0.05) is 78.5 Å². The third kappa shape index (κ3) is 6.77. The summed E-state index contributed by atoms with van der Waals surface area (Å²) in [6.07, 6.45) is 0. The van der Waals surface area contributed by atoms with E-state index in [0.29, 0.717) is 39.2 Å². The van der Waals surface area contributed by atoms with E-state index in [4.69, 9.17) is 4.74 Å². The largest absolute Gasteiger partial charge is 0.497 e. The van der Waals surface area contributed by atoms with Crippen molar-refractivity contribution in [1.82, 2.24) is 5.32 Å². The van der Waals surface area contributed by atoms with Crippen LogP contribution in [-0.4, -0.2) is 30.7 Å². The van der Waals surface area contributed by atoms with Crippen molar-refractivity contribution in [3.05, 3.63) is 126 Å². The summed E-state index contributed by atoms with van der Waals surface area (Å²) in [7, 11) is 1.51. The number of hydrogen-bond donors (Lipinski definition) is 1. The zero-order valence-electron chi connectivity index (χ0n) is 20.6. The summed E-state index contributed by atoms with van der Waals surface area (Å²) in [5.41, 5.74) is 1.24. The number of ether oxygens (including phenoxy) is 1. The van der Waals surface area contributed by atoms with Crippen molar-refractivity contribution in [2.45, 2.75) is 16.2 Å². The fourth-order valence-corrected chi connectivity index (χ4v) is 4.66. The van der Waals surface area contributed by atoms with Crippen LogP contribution < -0.4 is 15.0 Å². The molecule has 0 spiro atoms. The number of nitrogens with zero attached hydrogens (tertiary/aromatic N) is 1. The average Bonchev–Trinajstić information content (AvgIpc) is 2.95. The highest BCUT2D eigenvalue weighted by molar-refractivity contribution is 8.00. The Kier molecular flexibility index (Phi) is 8.76. The number of alkyl halides is 2. The van der Waals surface area contributed by atoms with Crippen molar-refractivity contribution in [2.75, 3.05) is 18.6 Å². The zero-order chi connectivity index (χ0) is 27.0. The van der Waals surface area contributed by atoms with Crippen molar-refractivity contribution in [3.8, 4) is 5.75 Å². The van der Waals surface area contributed by atoms with Gasteiger partial charge < -0.3 is 10.1 Å². The van der Waals surface area contributed by atoms with Crippen LogP contribution in [0.2, 0.25) is 0 Å². The molecule has 0 aliphatic carbocycles. The van der Waals surface area contributed by atoms with Crippen LogP contribution in [-0.2, 0) is 4.79 Å². The Morgan fingerprint density at radius 1 is 0.842 bits per heavy atom. The number of halogens is 2. The van der Waals surface area contributed by atoms with Gasteiger partial charge in [0.05, 0.1) is 13.7 Å². The van der Waals surface area contributed by atoms with Crippen LogP contribution in [0.25, 0.3) is 0 Å². The van der Waals surface area contributed by atoms with Gasteiger partial charge in [-0.2, -0.15) is 8.78 Å². The number of thioether (sulfide) groups is 1. The highest BCUT2D eigenvalue weighted by Gasteiger charge is 2.36. The summed E-state index contributed by atoms with van der Waals surface area (Å²) in [5, 5.41) is -0.883. The van der Waals surface area contributed by atoms with Crippen LogP contribution in [0.15, 0.2) is 120 Å². The van der Waals surface area contributed by atoms with Gasteiger partial charge >= 0.3 is 5.25 Å². The highest BCUT2D eigenvalue weighted by atomic mass is 32.2. The predicted molar refractivity (Wildman–Crippen MR) is 146 cm³/mol. The molecule has 0 bridgehead atoms. The Balaban J connectivity index is 1.69. The summed E-state index contributed by atoms with van der Waals surface area (Å²) in [6, 6.07) is 30.8. The first-order chi connectivity index (χ1) is 18.4. The molecule has 38 heavy (non-hydrogen) atoms. The van der Waals surface area contributed by atoms with E-state index in [1.54, 1.807) is 115 Å². The van der Waals surface area contributed by atoms with Gasteiger partial charge in [-0.3, -0.25) is 14.5 Å². The minimum absolute atomic E-state index is 0.354. The molecule has 5 nitrogen and oxygen atoms in total. The Bertz CT molecular complexity index is 1340. The predicted octanol–water partition coefficient (Wildman–Crippen LogP) is 6.58. The summed E-state index contributed by atoms with van der Waals surface area (Å²) < 4.78 is 34.9. The van der Waals surface area contributed by atoms with Crippen molar-refractivity contribution in [3.63, 3.8) is 0 Å². The van der Waals surface area contributed by atoms with Crippen molar-refractivity contribution in [1.29, 1.82) is 0 Å². The number of carbonyl (C=O) groups is 2. The molecule has 0 aliphatic rings. The third-order valence-corrected chi connectivity index (χ3v) is 6.64. The third-order valence-electron chi connectivity index (χ3n) is 5.69.